The maximum Gasteiger partial charge on any atom is 0.244 e. The Morgan fingerprint density at radius 3 is 2.54 bits per heavy atom. The molecule has 3 aromatic rings. The molecule has 24 heavy (non-hydrogen) atoms. The molecule has 1 amide bonds. The Balaban J connectivity index is 1.91. The molecule has 0 aliphatic carbocycles. The molecule has 0 fully saturated rings. The SMILES string of the molecule is O=C(Cn1ccc(=O)c2cc(Br)ccc21)Nc1c(F)cccc1F. The van der Waals surface area contributed by atoms with E-state index in [1.807, 2.05) is 0 Å². The summed E-state index contributed by atoms with van der Waals surface area (Å²) in [5, 5.41) is 2.66. The number of hydrogen-bond donors (Lipinski definition) is 1. The van der Waals surface area contributed by atoms with Crippen molar-refractivity contribution < 1.29 is 13.6 Å². The van der Waals surface area contributed by atoms with E-state index in [0.29, 0.717) is 10.9 Å². The fourth-order valence-corrected chi connectivity index (χ4v) is 2.73. The lowest BCUT2D eigenvalue weighted by Crippen LogP contribution is -2.21. The zero-order chi connectivity index (χ0) is 17.3. The number of amides is 1. The highest BCUT2D eigenvalue weighted by Gasteiger charge is 2.13. The summed E-state index contributed by atoms with van der Waals surface area (Å²) in [4.78, 5) is 24.0. The van der Waals surface area contributed by atoms with Crippen molar-refractivity contribution in [3.05, 3.63) is 75.0 Å². The van der Waals surface area contributed by atoms with Gasteiger partial charge in [-0.05, 0) is 30.3 Å². The van der Waals surface area contributed by atoms with Gasteiger partial charge in [-0.1, -0.05) is 22.0 Å². The first kappa shape index (κ1) is 16.3. The smallest absolute Gasteiger partial charge is 0.244 e. The van der Waals surface area contributed by atoms with Crippen molar-refractivity contribution in [3.8, 4) is 0 Å². The predicted molar refractivity (Wildman–Crippen MR) is 90.9 cm³/mol. The van der Waals surface area contributed by atoms with E-state index >= 15 is 0 Å². The molecule has 0 aliphatic heterocycles. The molecule has 2 aromatic carbocycles. The number of nitrogens with one attached hydrogen (secondary N) is 1. The maximum atomic E-state index is 13.6. The van der Waals surface area contributed by atoms with Gasteiger partial charge in [-0.15, -0.1) is 0 Å². The number of nitrogens with zero attached hydrogens (tertiary/aromatic N) is 1. The number of para-hydroxylation sites is 1. The molecule has 4 nitrogen and oxygen atoms in total. The van der Waals surface area contributed by atoms with Crippen LogP contribution in [0.3, 0.4) is 0 Å². The molecule has 0 radical (unpaired) electrons. The first-order valence-corrected chi connectivity index (χ1v) is 7.77. The van der Waals surface area contributed by atoms with Crippen LogP contribution in [0, 0.1) is 11.6 Å². The second-order valence-corrected chi connectivity index (χ2v) is 6.03. The van der Waals surface area contributed by atoms with E-state index < -0.39 is 23.2 Å². The number of hydrogen-bond acceptors (Lipinski definition) is 2. The highest BCUT2D eigenvalue weighted by atomic mass is 79.9. The first-order valence-electron chi connectivity index (χ1n) is 6.98. The van der Waals surface area contributed by atoms with E-state index in [2.05, 4.69) is 21.2 Å². The van der Waals surface area contributed by atoms with Gasteiger partial charge in [0.25, 0.3) is 0 Å². The van der Waals surface area contributed by atoms with E-state index in [1.54, 1.807) is 18.2 Å². The van der Waals surface area contributed by atoms with E-state index in [0.717, 1.165) is 16.6 Å². The number of carbonyl (C=O) groups is 1. The molecule has 0 spiro atoms. The van der Waals surface area contributed by atoms with Gasteiger partial charge in [-0.3, -0.25) is 9.59 Å². The molecule has 0 aliphatic rings. The number of benzene rings is 2. The summed E-state index contributed by atoms with van der Waals surface area (Å²) in [5.41, 5.74) is -0.117. The van der Waals surface area contributed by atoms with Gasteiger partial charge >= 0.3 is 0 Å². The van der Waals surface area contributed by atoms with Crippen LogP contribution in [0.15, 0.2) is 57.9 Å². The van der Waals surface area contributed by atoms with Crippen LogP contribution in [0.1, 0.15) is 0 Å². The van der Waals surface area contributed by atoms with Gasteiger partial charge < -0.3 is 9.88 Å². The minimum atomic E-state index is -0.850. The van der Waals surface area contributed by atoms with Crippen LogP contribution >= 0.6 is 15.9 Å². The molecule has 0 saturated carbocycles. The van der Waals surface area contributed by atoms with Gasteiger partial charge in [-0.2, -0.15) is 0 Å². The molecule has 0 saturated heterocycles. The number of rotatable bonds is 3. The Hall–Kier alpha value is -2.54. The summed E-state index contributed by atoms with van der Waals surface area (Å²) in [6, 6.07) is 9.77. The lowest BCUT2D eigenvalue weighted by atomic mass is 10.2. The van der Waals surface area contributed by atoms with E-state index in [-0.39, 0.29) is 12.0 Å². The van der Waals surface area contributed by atoms with Gasteiger partial charge in [0.1, 0.15) is 23.9 Å². The number of aromatic nitrogens is 1. The number of fused-ring (bicyclic) bond motifs is 1. The standard InChI is InChI=1S/C17H11BrF2N2O2/c18-10-4-5-14-11(8-10)15(23)6-7-22(14)9-16(24)21-17-12(19)2-1-3-13(17)20/h1-8H,9H2,(H,21,24). The molecule has 3 rings (SSSR count). The third-order valence-corrected chi connectivity index (χ3v) is 3.97. The summed E-state index contributed by atoms with van der Waals surface area (Å²) < 4.78 is 29.5. The molecule has 1 N–H and O–H groups in total. The summed E-state index contributed by atoms with van der Waals surface area (Å²) >= 11 is 3.29. The first-order chi connectivity index (χ1) is 11.5. The molecule has 1 aromatic heterocycles. The van der Waals surface area contributed by atoms with Crippen LogP contribution in [-0.4, -0.2) is 10.5 Å². The van der Waals surface area contributed by atoms with Crippen LogP contribution in [0.4, 0.5) is 14.5 Å². The fraction of sp³-hybridized carbons (Fsp3) is 0.0588. The van der Waals surface area contributed by atoms with Crippen molar-refractivity contribution in [2.45, 2.75) is 6.54 Å². The number of halogens is 3. The number of pyridine rings is 1. The highest BCUT2D eigenvalue weighted by Crippen LogP contribution is 2.19. The monoisotopic (exact) mass is 392 g/mol. The van der Waals surface area contributed by atoms with Crippen molar-refractivity contribution >= 4 is 38.4 Å². The largest absolute Gasteiger partial charge is 0.338 e. The Bertz CT molecular complexity index is 981. The minimum absolute atomic E-state index is 0.178. The van der Waals surface area contributed by atoms with Crippen molar-refractivity contribution in [2.24, 2.45) is 0 Å². The lowest BCUT2D eigenvalue weighted by Gasteiger charge is -2.12. The average Bonchev–Trinajstić information content (AvgIpc) is 2.54. The van der Waals surface area contributed by atoms with E-state index in [1.165, 1.54) is 22.9 Å². The van der Waals surface area contributed by atoms with Crippen LogP contribution < -0.4 is 10.7 Å². The molecule has 122 valence electrons. The second-order valence-electron chi connectivity index (χ2n) is 5.11. The van der Waals surface area contributed by atoms with Gasteiger partial charge in [0.15, 0.2) is 5.43 Å². The molecule has 0 unspecified atom stereocenters. The van der Waals surface area contributed by atoms with Crippen LogP contribution in [0.25, 0.3) is 10.9 Å². The van der Waals surface area contributed by atoms with Crippen molar-refractivity contribution in [3.63, 3.8) is 0 Å². The Morgan fingerprint density at radius 2 is 1.83 bits per heavy atom. The summed E-state index contributed by atoms with van der Waals surface area (Å²) in [7, 11) is 0. The Kier molecular flexibility index (Phi) is 4.44. The fourth-order valence-electron chi connectivity index (χ4n) is 2.37. The zero-order valence-corrected chi connectivity index (χ0v) is 13.8. The molecule has 7 heteroatoms. The van der Waals surface area contributed by atoms with Gasteiger partial charge in [-0.25, -0.2) is 8.78 Å². The highest BCUT2D eigenvalue weighted by molar-refractivity contribution is 9.10. The number of anilines is 1. The molecule has 0 bridgehead atoms. The normalized spacial score (nSPS) is 10.8. The zero-order valence-electron chi connectivity index (χ0n) is 12.2. The molecular formula is C17H11BrF2N2O2. The maximum absolute atomic E-state index is 13.6. The molecule has 0 atom stereocenters. The molecule has 1 heterocycles. The van der Waals surface area contributed by atoms with E-state index in [4.69, 9.17) is 0 Å². The second kappa shape index (κ2) is 6.52. The summed E-state index contributed by atoms with van der Waals surface area (Å²) in [6.07, 6.45) is 1.47. The van der Waals surface area contributed by atoms with Gasteiger partial charge in [0.2, 0.25) is 5.91 Å². The van der Waals surface area contributed by atoms with Crippen LogP contribution in [-0.2, 0) is 11.3 Å². The van der Waals surface area contributed by atoms with Crippen LogP contribution in [0.5, 0.6) is 0 Å². The van der Waals surface area contributed by atoms with E-state index in [9.17, 15) is 18.4 Å². The van der Waals surface area contributed by atoms with Gasteiger partial charge in [0.05, 0.1) is 5.52 Å². The lowest BCUT2D eigenvalue weighted by molar-refractivity contribution is -0.116. The van der Waals surface area contributed by atoms with Gasteiger partial charge in [0, 0.05) is 22.1 Å². The van der Waals surface area contributed by atoms with Crippen molar-refractivity contribution in [2.75, 3.05) is 5.32 Å². The van der Waals surface area contributed by atoms with Crippen molar-refractivity contribution in [1.29, 1.82) is 0 Å². The Labute approximate surface area is 143 Å². The summed E-state index contributed by atoms with van der Waals surface area (Å²) in [6.45, 7) is -0.188. The average molecular weight is 393 g/mol. The van der Waals surface area contributed by atoms with Crippen molar-refractivity contribution in [1.82, 2.24) is 4.57 Å². The predicted octanol–water partition coefficient (Wildman–Crippen LogP) is 3.68. The quantitative estimate of drug-likeness (QED) is 0.738. The topological polar surface area (TPSA) is 51.1 Å². The Morgan fingerprint density at radius 1 is 1.12 bits per heavy atom. The molecular weight excluding hydrogens is 382 g/mol. The van der Waals surface area contributed by atoms with Crippen LogP contribution in [0.2, 0.25) is 0 Å². The third-order valence-electron chi connectivity index (χ3n) is 3.48. The summed E-state index contributed by atoms with van der Waals surface area (Å²) in [5.74, 6) is -2.30. The minimum Gasteiger partial charge on any atom is -0.338 e. The third kappa shape index (κ3) is 3.21. The number of carbonyl (C=O) groups excluding carboxylic acids is 1.